The van der Waals surface area contributed by atoms with Crippen molar-refractivity contribution in [2.24, 2.45) is 0 Å². The first kappa shape index (κ1) is 14.5. The number of H-pyrrole nitrogens is 1. The summed E-state index contributed by atoms with van der Waals surface area (Å²) in [6.45, 7) is 10.4. The average molecular weight is 232 g/mol. The van der Waals surface area contributed by atoms with Crippen LogP contribution in [0.15, 0.2) is 6.20 Å². The predicted octanol–water partition coefficient (Wildman–Crippen LogP) is 3.49. The highest BCUT2D eigenvalue weighted by atomic mass is 35.5. The SMILES string of the molecule is CC.CC(C)N(C)C(C)c1cn[nH]c1Cl. The second kappa shape index (κ2) is 6.85. The molecular weight excluding hydrogens is 210 g/mol. The zero-order valence-electron chi connectivity index (χ0n) is 10.5. The highest BCUT2D eigenvalue weighted by Crippen LogP contribution is 2.25. The normalized spacial score (nSPS) is 12.6. The van der Waals surface area contributed by atoms with Gasteiger partial charge in [-0.05, 0) is 27.8 Å². The zero-order chi connectivity index (χ0) is 12.0. The highest BCUT2D eigenvalue weighted by molar-refractivity contribution is 6.30. The number of rotatable bonds is 3. The Kier molecular flexibility index (Phi) is 6.61. The molecule has 1 aromatic rings. The first-order chi connectivity index (χ1) is 7.04. The molecule has 0 radical (unpaired) electrons. The third kappa shape index (κ3) is 3.84. The summed E-state index contributed by atoms with van der Waals surface area (Å²) >= 11 is 5.94. The molecule has 1 aromatic heterocycles. The maximum Gasteiger partial charge on any atom is 0.128 e. The molecule has 0 saturated heterocycles. The van der Waals surface area contributed by atoms with E-state index in [1.165, 1.54) is 0 Å². The molecule has 1 unspecified atom stereocenters. The fourth-order valence-corrected chi connectivity index (χ4v) is 1.49. The number of aromatic amines is 1. The van der Waals surface area contributed by atoms with Crippen LogP contribution in [0.4, 0.5) is 0 Å². The Morgan fingerprint density at radius 3 is 2.20 bits per heavy atom. The number of halogens is 1. The molecule has 0 aliphatic heterocycles. The second-order valence-corrected chi connectivity index (χ2v) is 3.95. The van der Waals surface area contributed by atoms with E-state index in [0.29, 0.717) is 17.2 Å². The Bertz CT molecular complexity index is 271. The molecule has 0 aliphatic carbocycles. The summed E-state index contributed by atoms with van der Waals surface area (Å²) in [6.07, 6.45) is 1.78. The average Bonchev–Trinajstić information content (AvgIpc) is 2.65. The largest absolute Gasteiger partial charge is 0.297 e. The topological polar surface area (TPSA) is 31.9 Å². The van der Waals surface area contributed by atoms with E-state index in [1.807, 2.05) is 13.8 Å². The van der Waals surface area contributed by atoms with Crippen molar-refractivity contribution < 1.29 is 0 Å². The summed E-state index contributed by atoms with van der Waals surface area (Å²) in [5.74, 6) is 0. The Morgan fingerprint density at radius 1 is 1.33 bits per heavy atom. The van der Waals surface area contributed by atoms with Crippen molar-refractivity contribution in [1.82, 2.24) is 15.1 Å². The fraction of sp³-hybridized carbons (Fsp3) is 0.727. The van der Waals surface area contributed by atoms with Crippen molar-refractivity contribution in [2.45, 2.75) is 46.7 Å². The molecule has 0 spiro atoms. The number of nitrogens with one attached hydrogen (secondary N) is 1. The van der Waals surface area contributed by atoms with E-state index >= 15 is 0 Å². The highest BCUT2D eigenvalue weighted by Gasteiger charge is 2.17. The lowest BCUT2D eigenvalue weighted by Crippen LogP contribution is -2.29. The summed E-state index contributed by atoms with van der Waals surface area (Å²) in [5.41, 5.74) is 1.05. The maximum atomic E-state index is 5.94. The summed E-state index contributed by atoms with van der Waals surface area (Å²) < 4.78 is 0. The van der Waals surface area contributed by atoms with Crippen molar-refractivity contribution in [3.05, 3.63) is 16.9 Å². The lowest BCUT2D eigenvalue weighted by atomic mass is 10.1. The van der Waals surface area contributed by atoms with E-state index in [4.69, 9.17) is 11.6 Å². The van der Waals surface area contributed by atoms with Gasteiger partial charge >= 0.3 is 0 Å². The molecule has 15 heavy (non-hydrogen) atoms. The molecule has 0 aliphatic rings. The van der Waals surface area contributed by atoms with Crippen LogP contribution >= 0.6 is 11.6 Å². The minimum Gasteiger partial charge on any atom is -0.297 e. The van der Waals surface area contributed by atoms with Gasteiger partial charge in [0.1, 0.15) is 5.15 Å². The minimum absolute atomic E-state index is 0.297. The zero-order valence-corrected chi connectivity index (χ0v) is 11.3. The molecule has 1 atom stereocenters. The van der Waals surface area contributed by atoms with Crippen LogP contribution in [0, 0.1) is 0 Å². The van der Waals surface area contributed by atoms with E-state index < -0.39 is 0 Å². The van der Waals surface area contributed by atoms with Crippen molar-refractivity contribution in [3.63, 3.8) is 0 Å². The van der Waals surface area contributed by atoms with Crippen LogP contribution in [-0.2, 0) is 0 Å². The lowest BCUT2D eigenvalue weighted by Gasteiger charge is -2.27. The van der Waals surface area contributed by atoms with Gasteiger partial charge in [-0.25, -0.2) is 0 Å². The molecule has 88 valence electrons. The van der Waals surface area contributed by atoms with Gasteiger partial charge in [0.2, 0.25) is 0 Å². The van der Waals surface area contributed by atoms with Gasteiger partial charge in [-0.3, -0.25) is 10.00 Å². The second-order valence-electron chi connectivity index (χ2n) is 3.57. The molecule has 4 heteroatoms. The van der Waals surface area contributed by atoms with Crippen LogP contribution in [0.25, 0.3) is 0 Å². The summed E-state index contributed by atoms with van der Waals surface area (Å²) in [7, 11) is 2.08. The van der Waals surface area contributed by atoms with E-state index in [-0.39, 0.29) is 0 Å². The van der Waals surface area contributed by atoms with Crippen LogP contribution in [0.2, 0.25) is 5.15 Å². The molecule has 1 rings (SSSR count). The van der Waals surface area contributed by atoms with Gasteiger partial charge in [-0.2, -0.15) is 5.10 Å². The lowest BCUT2D eigenvalue weighted by molar-refractivity contribution is 0.210. The van der Waals surface area contributed by atoms with E-state index in [9.17, 15) is 0 Å². The van der Waals surface area contributed by atoms with Gasteiger partial charge in [0.15, 0.2) is 0 Å². The van der Waals surface area contributed by atoms with Gasteiger partial charge in [-0.1, -0.05) is 25.4 Å². The Balaban J connectivity index is 0.000000921. The van der Waals surface area contributed by atoms with Gasteiger partial charge < -0.3 is 0 Å². The molecular formula is C11H22ClN3. The van der Waals surface area contributed by atoms with Crippen molar-refractivity contribution in [1.29, 1.82) is 0 Å². The number of nitrogens with zero attached hydrogens (tertiary/aromatic N) is 2. The third-order valence-electron chi connectivity index (χ3n) is 2.50. The molecule has 1 heterocycles. The fourth-order valence-electron chi connectivity index (χ4n) is 1.24. The van der Waals surface area contributed by atoms with Crippen LogP contribution in [0.3, 0.4) is 0 Å². The van der Waals surface area contributed by atoms with Crippen molar-refractivity contribution in [2.75, 3.05) is 7.05 Å². The first-order valence-corrected chi connectivity index (χ1v) is 5.82. The number of hydrogen-bond acceptors (Lipinski definition) is 2. The number of hydrogen-bond donors (Lipinski definition) is 1. The molecule has 3 nitrogen and oxygen atoms in total. The quantitative estimate of drug-likeness (QED) is 0.864. The van der Waals surface area contributed by atoms with E-state index in [1.54, 1.807) is 6.20 Å². The van der Waals surface area contributed by atoms with Gasteiger partial charge in [0, 0.05) is 17.6 Å². The molecule has 0 amide bonds. The molecule has 0 saturated carbocycles. The van der Waals surface area contributed by atoms with E-state index in [0.717, 1.165) is 5.56 Å². The third-order valence-corrected chi connectivity index (χ3v) is 2.80. The standard InChI is InChI=1S/C9H16ClN3.C2H6/c1-6(2)13(4)7(3)8-5-11-12-9(8)10;1-2/h5-7H,1-4H3,(H,11,12);1-2H3. The summed E-state index contributed by atoms with van der Waals surface area (Å²) in [5, 5.41) is 7.27. The van der Waals surface area contributed by atoms with Crippen LogP contribution < -0.4 is 0 Å². The van der Waals surface area contributed by atoms with Crippen molar-refractivity contribution in [3.8, 4) is 0 Å². The van der Waals surface area contributed by atoms with Crippen LogP contribution in [0.5, 0.6) is 0 Å². The Morgan fingerprint density at radius 2 is 1.87 bits per heavy atom. The minimum atomic E-state index is 0.297. The molecule has 1 N–H and O–H groups in total. The predicted molar refractivity (Wildman–Crippen MR) is 66.3 cm³/mol. The van der Waals surface area contributed by atoms with Gasteiger partial charge in [0.25, 0.3) is 0 Å². The van der Waals surface area contributed by atoms with Gasteiger partial charge in [-0.15, -0.1) is 0 Å². The smallest absolute Gasteiger partial charge is 0.128 e. The summed E-state index contributed by atoms with van der Waals surface area (Å²) in [6, 6.07) is 0.798. The van der Waals surface area contributed by atoms with Crippen LogP contribution in [0.1, 0.15) is 46.2 Å². The molecule has 0 bridgehead atoms. The Labute approximate surface area is 97.8 Å². The monoisotopic (exact) mass is 231 g/mol. The molecule has 0 aromatic carbocycles. The van der Waals surface area contributed by atoms with Crippen molar-refractivity contribution >= 4 is 11.6 Å². The molecule has 0 fully saturated rings. The van der Waals surface area contributed by atoms with Crippen LogP contribution in [-0.4, -0.2) is 28.2 Å². The van der Waals surface area contributed by atoms with Gasteiger partial charge in [0.05, 0.1) is 6.20 Å². The first-order valence-electron chi connectivity index (χ1n) is 5.44. The van der Waals surface area contributed by atoms with E-state index in [2.05, 4.69) is 42.9 Å². The summed E-state index contributed by atoms with van der Waals surface area (Å²) in [4.78, 5) is 2.25. The number of aromatic nitrogens is 2. The maximum absolute atomic E-state index is 5.94. The Hall–Kier alpha value is -0.540.